The second kappa shape index (κ2) is 8.37. The second-order valence-corrected chi connectivity index (χ2v) is 6.78. The lowest BCUT2D eigenvalue weighted by Crippen LogP contribution is -2.23. The van der Waals surface area contributed by atoms with Crippen molar-refractivity contribution in [3.63, 3.8) is 0 Å². The predicted octanol–water partition coefficient (Wildman–Crippen LogP) is 2.15. The summed E-state index contributed by atoms with van der Waals surface area (Å²) in [5, 5.41) is 14.5. The molecule has 4 N–H and O–H groups in total. The van der Waals surface area contributed by atoms with Gasteiger partial charge in [-0.3, -0.25) is 9.48 Å². The van der Waals surface area contributed by atoms with Crippen LogP contribution in [-0.2, 0) is 13.0 Å². The van der Waals surface area contributed by atoms with Gasteiger partial charge in [0.2, 0.25) is 0 Å². The van der Waals surface area contributed by atoms with E-state index in [1.807, 2.05) is 0 Å². The maximum absolute atomic E-state index is 13.7. The van der Waals surface area contributed by atoms with Gasteiger partial charge in [0.1, 0.15) is 24.3 Å². The van der Waals surface area contributed by atoms with Crippen LogP contribution in [0.5, 0.6) is 0 Å². The summed E-state index contributed by atoms with van der Waals surface area (Å²) >= 11 is 0. The summed E-state index contributed by atoms with van der Waals surface area (Å²) in [6.07, 6.45) is 3.67. The number of benzene rings is 2. The van der Waals surface area contributed by atoms with Gasteiger partial charge in [-0.2, -0.15) is 10.2 Å². The highest BCUT2D eigenvalue weighted by Crippen LogP contribution is 2.35. The number of nitrogens with zero attached hydrogens (tertiary/aromatic N) is 4. The molecule has 0 aliphatic carbocycles. The van der Waals surface area contributed by atoms with Gasteiger partial charge in [-0.15, -0.1) is 0 Å². The highest BCUT2D eigenvalue weighted by atomic mass is 19.1. The molecule has 4 aromatic rings. The number of nitrogens with one attached hydrogen (secondary N) is 2. The van der Waals surface area contributed by atoms with E-state index >= 15 is 0 Å². The molecule has 10 heteroatoms. The average Bonchev–Trinajstić information content (AvgIpc) is 3.25. The fraction of sp³-hybridized carbons (Fsp3) is 0.200. The van der Waals surface area contributed by atoms with Gasteiger partial charge in [-0.05, 0) is 29.8 Å². The number of aromatic amines is 1. The topological polar surface area (TPSA) is 115 Å². The zero-order valence-corrected chi connectivity index (χ0v) is 15.8. The van der Waals surface area contributed by atoms with Crippen molar-refractivity contribution in [2.75, 3.05) is 11.9 Å². The predicted molar refractivity (Wildman–Crippen MR) is 108 cm³/mol. The highest BCUT2D eigenvalue weighted by molar-refractivity contribution is 5.96. The lowest BCUT2D eigenvalue weighted by atomic mass is 9.94. The number of H-pyrrole nitrogens is 1. The second-order valence-electron chi connectivity index (χ2n) is 6.78. The van der Waals surface area contributed by atoms with Gasteiger partial charge in [0.15, 0.2) is 0 Å². The lowest BCUT2D eigenvalue weighted by Gasteiger charge is -2.26. The maximum atomic E-state index is 13.7. The first-order chi connectivity index (χ1) is 14.5. The van der Waals surface area contributed by atoms with Crippen LogP contribution in [0.4, 0.5) is 14.5 Å². The molecule has 0 radical (unpaired) electrons. The van der Waals surface area contributed by atoms with Gasteiger partial charge >= 0.3 is 0 Å². The number of hydrogen-bond acceptors (Lipinski definition) is 6. The van der Waals surface area contributed by atoms with E-state index in [-0.39, 0.29) is 17.2 Å². The minimum absolute atomic E-state index is 0.156. The van der Waals surface area contributed by atoms with E-state index in [1.165, 1.54) is 30.6 Å². The Morgan fingerprint density at radius 3 is 2.67 bits per heavy atom. The third kappa shape index (κ3) is 4.03. The van der Waals surface area contributed by atoms with Crippen molar-refractivity contribution >= 4 is 16.5 Å². The van der Waals surface area contributed by atoms with Crippen molar-refractivity contribution in [2.24, 2.45) is 5.73 Å². The zero-order valence-electron chi connectivity index (χ0n) is 15.8. The van der Waals surface area contributed by atoms with Crippen LogP contribution in [0.1, 0.15) is 17.3 Å². The molecule has 0 saturated carbocycles. The van der Waals surface area contributed by atoms with Crippen LogP contribution >= 0.6 is 0 Å². The van der Waals surface area contributed by atoms with Gasteiger partial charge in [-0.1, -0.05) is 12.1 Å². The highest BCUT2D eigenvalue weighted by Gasteiger charge is 2.24. The summed E-state index contributed by atoms with van der Waals surface area (Å²) in [5.74, 6) is -0.798. The molecule has 2 aromatic heterocycles. The van der Waals surface area contributed by atoms with Crippen molar-refractivity contribution in [3.8, 4) is 0 Å². The Morgan fingerprint density at radius 1 is 1.17 bits per heavy atom. The smallest absolute Gasteiger partial charge is 0.272 e. The van der Waals surface area contributed by atoms with Crippen LogP contribution in [0.3, 0.4) is 0 Å². The van der Waals surface area contributed by atoms with E-state index in [1.54, 1.807) is 23.1 Å². The molecule has 1 aliphatic rings. The fourth-order valence-corrected chi connectivity index (χ4v) is 3.40. The van der Waals surface area contributed by atoms with Crippen LogP contribution in [0.15, 0.2) is 53.8 Å². The van der Waals surface area contributed by atoms with Crippen LogP contribution in [-0.4, -0.2) is 31.5 Å². The first-order valence-corrected chi connectivity index (χ1v) is 9.30. The molecule has 2 aromatic carbocycles. The number of hydrogen-bond donors (Lipinski definition) is 3. The molecule has 0 amide bonds. The zero-order chi connectivity index (χ0) is 21.1. The molecule has 3 heterocycles. The number of aromatic nitrogens is 5. The molecular formula is C20H19F2N7O. The monoisotopic (exact) mass is 411 g/mol. The van der Waals surface area contributed by atoms with E-state index in [0.717, 1.165) is 12.1 Å². The number of anilines is 1. The van der Waals surface area contributed by atoms with Gasteiger partial charge in [0.05, 0.1) is 23.7 Å². The Labute approximate surface area is 169 Å². The average molecular weight is 411 g/mol. The molecule has 1 atom stereocenters. The summed E-state index contributed by atoms with van der Waals surface area (Å²) < 4.78 is 28.5. The molecule has 1 unspecified atom stereocenters. The number of nitrogens with two attached hydrogens (primary N) is 1. The Kier molecular flexibility index (Phi) is 5.48. The Bertz CT molecular complexity index is 1210. The fourth-order valence-electron chi connectivity index (χ4n) is 3.40. The maximum Gasteiger partial charge on any atom is 0.272 e. The largest absolute Gasteiger partial charge is 0.377 e. The SMILES string of the molecule is NCCn1cncn1.O=c1[nH]nc2c3c(cc(F)cc13)NC(c1ccc(F)cc1)C2. The summed E-state index contributed by atoms with van der Waals surface area (Å²) in [6.45, 7) is 1.36. The van der Waals surface area contributed by atoms with E-state index in [2.05, 4.69) is 25.6 Å². The minimum atomic E-state index is -0.489. The van der Waals surface area contributed by atoms with Crippen LogP contribution < -0.4 is 16.6 Å². The third-order valence-corrected chi connectivity index (χ3v) is 4.75. The molecule has 1 aliphatic heterocycles. The first kappa shape index (κ1) is 19.6. The minimum Gasteiger partial charge on any atom is -0.377 e. The molecule has 0 bridgehead atoms. The van der Waals surface area contributed by atoms with Crippen LogP contribution in [0, 0.1) is 11.6 Å². The normalized spacial score (nSPS) is 14.7. The third-order valence-electron chi connectivity index (χ3n) is 4.75. The summed E-state index contributed by atoms with van der Waals surface area (Å²) in [5.41, 5.74) is 6.91. The molecule has 0 fully saturated rings. The van der Waals surface area contributed by atoms with Gasteiger partial charge < -0.3 is 11.1 Å². The van der Waals surface area contributed by atoms with E-state index < -0.39 is 11.4 Å². The van der Waals surface area contributed by atoms with Crippen LogP contribution in [0.2, 0.25) is 0 Å². The van der Waals surface area contributed by atoms with Crippen molar-refractivity contribution in [1.82, 2.24) is 25.0 Å². The molecule has 0 spiro atoms. The quantitative estimate of drug-likeness (QED) is 0.476. The van der Waals surface area contributed by atoms with E-state index in [9.17, 15) is 13.6 Å². The first-order valence-electron chi connectivity index (χ1n) is 9.30. The van der Waals surface area contributed by atoms with E-state index in [0.29, 0.717) is 29.7 Å². The van der Waals surface area contributed by atoms with Crippen molar-refractivity contribution in [2.45, 2.75) is 19.0 Å². The Hall–Kier alpha value is -3.66. The van der Waals surface area contributed by atoms with E-state index in [4.69, 9.17) is 5.73 Å². The molecule has 5 rings (SSSR count). The number of rotatable bonds is 3. The summed E-state index contributed by atoms with van der Waals surface area (Å²) in [4.78, 5) is 15.5. The van der Waals surface area contributed by atoms with Gasteiger partial charge in [-0.25, -0.2) is 18.9 Å². The molecule has 0 saturated heterocycles. The van der Waals surface area contributed by atoms with Crippen molar-refractivity contribution in [3.05, 3.63) is 82.3 Å². The molecule has 8 nitrogen and oxygen atoms in total. The molecule has 30 heavy (non-hydrogen) atoms. The van der Waals surface area contributed by atoms with Crippen molar-refractivity contribution in [1.29, 1.82) is 0 Å². The lowest BCUT2D eigenvalue weighted by molar-refractivity contribution is 0.623. The number of halogens is 2. The summed E-state index contributed by atoms with van der Waals surface area (Å²) in [7, 11) is 0. The standard InChI is InChI=1S/C16H11F2N3O.C4H8N4/c17-9-3-1-8(2-4-9)12-7-14-15-11(16(22)21-20-14)5-10(18)6-13(15)19-12;5-1-2-8-4-6-3-7-8/h1-6,12,19H,7H2,(H,21,22);3-4H,1-2,5H2. The van der Waals surface area contributed by atoms with Crippen LogP contribution in [0.25, 0.3) is 10.8 Å². The molecule has 154 valence electrons. The summed E-state index contributed by atoms with van der Waals surface area (Å²) in [6, 6.07) is 8.53. The van der Waals surface area contributed by atoms with Gasteiger partial charge in [0, 0.05) is 24.0 Å². The van der Waals surface area contributed by atoms with Gasteiger partial charge in [0.25, 0.3) is 5.56 Å². The van der Waals surface area contributed by atoms with Crippen molar-refractivity contribution < 1.29 is 8.78 Å². The molecular weight excluding hydrogens is 392 g/mol. The Balaban J connectivity index is 0.000000230. The Morgan fingerprint density at radius 2 is 1.97 bits per heavy atom.